The number of aromatic nitrogens is 3. The average molecular weight is 252 g/mol. The monoisotopic (exact) mass is 252 g/mol. The molecule has 2 rings (SSSR count). The highest BCUT2D eigenvalue weighted by atomic mass is 32.1. The van der Waals surface area contributed by atoms with Crippen LogP contribution in [0.25, 0.3) is 0 Å². The van der Waals surface area contributed by atoms with Gasteiger partial charge < -0.3 is 9.84 Å². The van der Waals surface area contributed by atoms with E-state index in [1.807, 2.05) is 13.8 Å². The maximum Gasteiger partial charge on any atom is 0.240 e. The summed E-state index contributed by atoms with van der Waals surface area (Å²) in [6.07, 6.45) is 0. The fourth-order valence-electron chi connectivity index (χ4n) is 1.70. The van der Waals surface area contributed by atoms with Crippen LogP contribution in [-0.2, 0) is 6.54 Å². The fourth-order valence-corrected chi connectivity index (χ4v) is 2.61. The third-order valence-corrected chi connectivity index (χ3v) is 3.38. The van der Waals surface area contributed by atoms with Gasteiger partial charge in [-0.1, -0.05) is 5.16 Å². The second-order valence-electron chi connectivity index (χ2n) is 4.01. The Balaban J connectivity index is 1.97. The quantitative estimate of drug-likeness (QED) is 0.904. The molecule has 0 saturated carbocycles. The Hall–Kier alpha value is -1.27. The van der Waals surface area contributed by atoms with E-state index in [9.17, 15) is 0 Å². The molecule has 0 aromatic carbocycles. The van der Waals surface area contributed by atoms with Gasteiger partial charge in [-0.25, -0.2) is 4.98 Å². The molecule has 0 aliphatic heterocycles. The normalized spacial score (nSPS) is 12.9. The van der Waals surface area contributed by atoms with Gasteiger partial charge in [-0.15, -0.1) is 11.3 Å². The predicted octanol–water partition coefficient (Wildman–Crippen LogP) is 2.30. The molecule has 17 heavy (non-hydrogen) atoms. The van der Waals surface area contributed by atoms with Gasteiger partial charge in [0.2, 0.25) is 5.89 Å². The van der Waals surface area contributed by atoms with E-state index in [4.69, 9.17) is 4.52 Å². The van der Waals surface area contributed by atoms with Crippen LogP contribution in [-0.4, -0.2) is 15.1 Å². The van der Waals surface area contributed by atoms with Gasteiger partial charge in [0, 0.05) is 10.9 Å². The van der Waals surface area contributed by atoms with E-state index in [0.29, 0.717) is 18.3 Å². The molecule has 0 bridgehead atoms. The van der Waals surface area contributed by atoms with Crippen LogP contribution < -0.4 is 5.32 Å². The van der Waals surface area contributed by atoms with Crippen LogP contribution in [0.2, 0.25) is 0 Å². The number of thiazole rings is 1. The molecule has 5 nitrogen and oxygen atoms in total. The molecule has 1 atom stereocenters. The molecule has 2 aromatic rings. The minimum atomic E-state index is 0.187. The van der Waals surface area contributed by atoms with Crippen molar-refractivity contribution >= 4 is 11.3 Å². The predicted molar refractivity (Wildman–Crippen MR) is 65.9 cm³/mol. The first-order chi connectivity index (χ1) is 8.06. The van der Waals surface area contributed by atoms with Crippen LogP contribution >= 0.6 is 11.3 Å². The van der Waals surface area contributed by atoms with Crippen LogP contribution in [0.15, 0.2) is 4.52 Å². The Morgan fingerprint density at radius 2 is 2.06 bits per heavy atom. The van der Waals surface area contributed by atoms with Gasteiger partial charge in [0.1, 0.15) is 0 Å². The van der Waals surface area contributed by atoms with Gasteiger partial charge in [-0.3, -0.25) is 0 Å². The molecule has 0 aliphatic rings. The van der Waals surface area contributed by atoms with Gasteiger partial charge in [-0.05, 0) is 27.7 Å². The molecule has 2 aromatic heterocycles. The summed E-state index contributed by atoms with van der Waals surface area (Å²) in [5, 5.41) is 8.18. The van der Waals surface area contributed by atoms with E-state index in [1.165, 1.54) is 4.88 Å². The summed E-state index contributed by atoms with van der Waals surface area (Å²) < 4.78 is 5.04. The van der Waals surface area contributed by atoms with Crippen molar-refractivity contribution in [3.05, 3.63) is 27.3 Å². The number of rotatable bonds is 4. The van der Waals surface area contributed by atoms with Crippen molar-refractivity contribution in [2.24, 2.45) is 0 Å². The minimum absolute atomic E-state index is 0.187. The van der Waals surface area contributed by atoms with E-state index >= 15 is 0 Å². The van der Waals surface area contributed by atoms with Gasteiger partial charge in [0.25, 0.3) is 0 Å². The van der Waals surface area contributed by atoms with Gasteiger partial charge in [0.05, 0.1) is 17.2 Å². The zero-order valence-electron chi connectivity index (χ0n) is 10.4. The van der Waals surface area contributed by atoms with Crippen molar-refractivity contribution in [3.63, 3.8) is 0 Å². The molecule has 92 valence electrons. The molecule has 0 amide bonds. The summed E-state index contributed by atoms with van der Waals surface area (Å²) >= 11 is 1.72. The van der Waals surface area contributed by atoms with Crippen molar-refractivity contribution < 1.29 is 4.52 Å². The Morgan fingerprint density at radius 3 is 2.59 bits per heavy atom. The Morgan fingerprint density at radius 1 is 1.29 bits per heavy atom. The molecule has 6 heteroatoms. The molecule has 0 saturated heterocycles. The zero-order valence-corrected chi connectivity index (χ0v) is 11.3. The van der Waals surface area contributed by atoms with E-state index in [-0.39, 0.29) is 6.04 Å². The first kappa shape index (κ1) is 12.2. The molecular formula is C11H16N4OS. The second-order valence-corrected chi connectivity index (χ2v) is 5.42. The summed E-state index contributed by atoms with van der Waals surface area (Å²) in [6.45, 7) is 8.58. The number of nitrogens with zero attached hydrogens (tertiary/aromatic N) is 3. The van der Waals surface area contributed by atoms with Crippen molar-refractivity contribution in [2.45, 2.75) is 40.3 Å². The SMILES string of the molecule is Cc1noc(CNC(C)c2nc(C)sc2C)n1. The van der Waals surface area contributed by atoms with Gasteiger partial charge in [0.15, 0.2) is 5.82 Å². The largest absolute Gasteiger partial charge is 0.338 e. The molecule has 1 N–H and O–H groups in total. The lowest BCUT2D eigenvalue weighted by molar-refractivity contribution is 0.356. The Labute approximate surface area is 104 Å². The first-order valence-electron chi connectivity index (χ1n) is 5.52. The molecule has 2 heterocycles. The maximum absolute atomic E-state index is 5.04. The molecule has 0 aliphatic carbocycles. The van der Waals surface area contributed by atoms with Gasteiger partial charge in [-0.2, -0.15) is 4.98 Å². The smallest absolute Gasteiger partial charge is 0.240 e. The van der Waals surface area contributed by atoms with Crippen LogP contribution in [0, 0.1) is 20.8 Å². The second kappa shape index (κ2) is 4.93. The fraction of sp³-hybridized carbons (Fsp3) is 0.545. The summed E-state index contributed by atoms with van der Waals surface area (Å²) in [6, 6.07) is 0.187. The molecule has 0 radical (unpaired) electrons. The van der Waals surface area contributed by atoms with Crippen molar-refractivity contribution in [1.29, 1.82) is 0 Å². The van der Waals surface area contributed by atoms with E-state index in [0.717, 1.165) is 10.7 Å². The lowest BCUT2D eigenvalue weighted by atomic mass is 10.2. The van der Waals surface area contributed by atoms with Crippen molar-refractivity contribution in [2.75, 3.05) is 0 Å². The van der Waals surface area contributed by atoms with Crippen LogP contribution in [0.3, 0.4) is 0 Å². The van der Waals surface area contributed by atoms with Gasteiger partial charge >= 0.3 is 0 Å². The highest BCUT2D eigenvalue weighted by Crippen LogP contribution is 2.22. The summed E-state index contributed by atoms with van der Waals surface area (Å²) in [4.78, 5) is 9.92. The third-order valence-electron chi connectivity index (χ3n) is 2.48. The zero-order chi connectivity index (χ0) is 12.4. The van der Waals surface area contributed by atoms with Crippen LogP contribution in [0.4, 0.5) is 0 Å². The Kier molecular flexibility index (Phi) is 3.54. The summed E-state index contributed by atoms with van der Waals surface area (Å²) in [5.74, 6) is 1.27. The lowest BCUT2D eigenvalue weighted by Gasteiger charge is -2.10. The van der Waals surface area contributed by atoms with E-state index in [1.54, 1.807) is 11.3 Å². The van der Waals surface area contributed by atoms with Crippen LogP contribution in [0.1, 0.15) is 40.3 Å². The van der Waals surface area contributed by atoms with Crippen molar-refractivity contribution in [1.82, 2.24) is 20.4 Å². The molecular weight excluding hydrogens is 236 g/mol. The van der Waals surface area contributed by atoms with Crippen LogP contribution in [0.5, 0.6) is 0 Å². The Bertz CT molecular complexity index is 505. The number of nitrogens with one attached hydrogen (secondary N) is 1. The standard InChI is InChI=1S/C11H16N4OS/c1-6(11-7(2)17-9(4)14-11)12-5-10-13-8(3)15-16-10/h6,12H,5H2,1-4H3. The van der Waals surface area contributed by atoms with E-state index in [2.05, 4.69) is 34.3 Å². The number of aryl methyl sites for hydroxylation is 3. The maximum atomic E-state index is 5.04. The molecule has 1 unspecified atom stereocenters. The average Bonchev–Trinajstić information content (AvgIpc) is 2.81. The van der Waals surface area contributed by atoms with Crippen molar-refractivity contribution in [3.8, 4) is 0 Å². The highest BCUT2D eigenvalue weighted by molar-refractivity contribution is 7.11. The highest BCUT2D eigenvalue weighted by Gasteiger charge is 2.13. The third kappa shape index (κ3) is 2.89. The first-order valence-corrected chi connectivity index (χ1v) is 6.34. The van der Waals surface area contributed by atoms with E-state index < -0.39 is 0 Å². The topological polar surface area (TPSA) is 63.8 Å². The lowest BCUT2D eigenvalue weighted by Crippen LogP contribution is -2.19. The summed E-state index contributed by atoms with van der Waals surface area (Å²) in [5.41, 5.74) is 1.10. The summed E-state index contributed by atoms with van der Waals surface area (Å²) in [7, 11) is 0. The molecule has 0 fully saturated rings. The minimum Gasteiger partial charge on any atom is -0.338 e. The molecule has 0 spiro atoms. The number of hydrogen-bond donors (Lipinski definition) is 1. The number of hydrogen-bond acceptors (Lipinski definition) is 6.